The molecular weight excluding hydrogens is 332 g/mol. The standard InChI is InChI=1S/C11H15NO.C9H13NOS/c1-3-5-11(13)9-6-7-10(4-2)12-8-9;1-3-8-5-7(6-12-8)9(11)10-4-2/h6-8H,3-5H2,1-2H3;5-6H,3-4H2,1-2H3,(H,10,11). The van der Waals surface area contributed by atoms with Crippen LogP contribution in [0.2, 0.25) is 0 Å². The van der Waals surface area contributed by atoms with Gasteiger partial charge in [0.1, 0.15) is 0 Å². The number of carbonyl (C=O) groups is 2. The highest BCUT2D eigenvalue weighted by molar-refractivity contribution is 7.10. The van der Waals surface area contributed by atoms with Gasteiger partial charge in [0.2, 0.25) is 0 Å². The molecule has 2 rings (SSSR count). The number of rotatable bonds is 7. The molecule has 1 N–H and O–H groups in total. The second-order valence-electron chi connectivity index (χ2n) is 5.58. The first kappa shape index (κ1) is 21.0. The Hall–Kier alpha value is -2.01. The number of pyridine rings is 1. The van der Waals surface area contributed by atoms with Gasteiger partial charge in [0, 0.05) is 40.7 Å². The Bertz CT molecular complexity index is 663. The number of thiophene rings is 1. The third-order valence-corrected chi connectivity index (χ3v) is 4.67. The monoisotopic (exact) mass is 360 g/mol. The summed E-state index contributed by atoms with van der Waals surface area (Å²) in [6, 6.07) is 5.74. The highest BCUT2D eigenvalue weighted by Crippen LogP contribution is 2.14. The lowest BCUT2D eigenvalue weighted by atomic mass is 10.1. The van der Waals surface area contributed by atoms with E-state index in [-0.39, 0.29) is 11.7 Å². The Balaban J connectivity index is 0.000000251. The lowest BCUT2D eigenvalue weighted by Gasteiger charge is -1.99. The van der Waals surface area contributed by atoms with Crippen LogP contribution in [-0.4, -0.2) is 23.2 Å². The molecule has 0 radical (unpaired) electrons. The molecular formula is C20H28N2O2S. The van der Waals surface area contributed by atoms with Crippen molar-refractivity contribution in [3.63, 3.8) is 0 Å². The van der Waals surface area contributed by atoms with Crippen LogP contribution < -0.4 is 5.32 Å². The van der Waals surface area contributed by atoms with Crippen LogP contribution in [0.15, 0.2) is 29.8 Å². The maximum absolute atomic E-state index is 11.4. The maximum atomic E-state index is 11.4. The first-order chi connectivity index (χ1) is 12.0. The number of hydrogen-bond acceptors (Lipinski definition) is 4. The van der Waals surface area contributed by atoms with Crippen molar-refractivity contribution in [2.75, 3.05) is 6.54 Å². The van der Waals surface area contributed by atoms with Crippen molar-refractivity contribution in [3.8, 4) is 0 Å². The lowest BCUT2D eigenvalue weighted by molar-refractivity contribution is 0.0954. The van der Waals surface area contributed by atoms with Crippen LogP contribution in [0, 0.1) is 0 Å². The Morgan fingerprint density at radius 2 is 1.84 bits per heavy atom. The lowest BCUT2D eigenvalue weighted by Crippen LogP contribution is -2.21. The van der Waals surface area contributed by atoms with Gasteiger partial charge in [0.25, 0.3) is 5.91 Å². The second kappa shape index (κ2) is 11.5. The van der Waals surface area contributed by atoms with Crippen LogP contribution in [0.5, 0.6) is 0 Å². The molecule has 5 heteroatoms. The van der Waals surface area contributed by atoms with Crippen molar-refractivity contribution in [1.82, 2.24) is 10.3 Å². The van der Waals surface area contributed by atoms with Crippen LogP contribution in [-0.2, 0) is 12.8 Å². The fourth-order valence-corrected chi connectivity index (χ4v) is 2.93. The zero-order valence-corrected chi connectivity index (χ0v) is 16.4. The van der Waals surface area contributed by atoms with Gasteiger partial charge in [-0.15, -0.1) is 11.3 Å². The molecule has 0 atom stereocenters. The summed E-state index contributed by atoms with van der Waals surface area (Å²) in [5.41, 5.74) is 2.56. The number of carbonyl (C=O) groups excluding carboxylic acids is 2. The quantitative estimate of drug-likeness (QED) is 0.729. The molecule has 0 aromatic carbocycles. The Morgan fingerprint density at radius 1 is 1.08 bits per heavy atom. The number of hydrogen-bond donors (Lipinski definition) is 1. The largest absolute Gasteiger partial charge is 0.352 e. The van der Waals surface area contributed by atoms with Crippen molar-refractivity contribution >= 4 is 23.0 Å². The van der Waals surface area contributed by atoms with Crippen LogP contribution in [0.3, 0.4) is 0 Å². The first-order valence-corrected chi connectivity index (χ1v) is 9.77. The number of nitrogens with zero attached hydrogens (tertiary/aromatic N) is 1. The van der Waals surface area contributed by atoms with Crippen molar-refractivity contribution in [2.24, 2.45) is 0 Å². The molecule has 0 saturated heterocycles. The van der Waals surface area contributed by atoms with E-state index in [0.29, 0.717) is 13.0 Å². The molecule has 0 aliphatic rings. The maximum Gasteiger partial charge on any atom is 0.252 e. The molecule has 25 heavy (non-hydrogen) atoms. The summed E-state index contributed by atoms with van der Waals surface area (Å²) in [7, 11) is 0. The topological polar surface area (TPSA) is 59.1 Å². The van der Waals surface area contributed by atoms with E-state index in [1.807, 2.05) is 37.4 Å². The number of ketones is 1. The molecule has 2 aromatic heterocycles. The van der Waals surface area contributed by atoms with Crippen molar-refractivity contribution in [3.05, 3.63) is 51.5 Å². The van der Waals surface area contributed by atoms with Gasteiger partial charge in [0.05, 0.1) is 5.56 Å². The fraction of sp³-hybridized carbons (Fsp3) is 0.450. The summed E-state index contributed by atoms with van der Waals surface area (Å²) in [5.74, 6) is 0.228. The fourth-order valence-electron chi connectivity index (χ4n) is 2.12. The summed E-state index contributed by atoms with van der Waals surface area (Å²) >= 11 is 1.64. The molecule has 2 aromatic rings. The SMILES string of the molecule is CCCC(=O)c1ccc(CC)nc1.CCNC(=O)c1csc(CC)c1. The molecule has 0 saturated carbocycles. The van der Waals surface area contributed by atoms with E-state index in [2.05, 4.69) is 24.1 Å². The Morgan fingerprint density at radius 3 is 2.32 bits per heavy atom. The third kappa shape index (κ3) is 7.18. The average Bonchev–Trinajstić information content (AvgIpc) is 3.12. The first-order valence-electron chi connectivity index (χ1n) is 8.89. The van der Waals surface area contributed by atoms with Crippen molar-refractivity contribution in [2.45, 2.75) is 53.4 Å². The molecule has 0 aliphatic carbocycles. The predicted molar refractivity (Wildman–Crippen MR) is 105 cm³/mol. The molecule has 2 heterocycles. The van der Waals surface area contributed by atoms with Gasteiger partial charge in [-0.25, -0.2) is 0 Å². The number of aromatic nitrogens is 1. The van der Waals surface area contributed by atoms with Gasteiger partial charge >= 0.3 is 0 Å². The Kier molecular flexibility index (Phi) is 9.70. The number of amides is 1. The predicted octanol–water partition coefficient (Wildman–Crippen LogP) is 4.69. The van der Waals surface area contributed by atoms with E-state index in [1.54, 1.807) is 17.5 Å². The van der Waals surface area contributed by atoms with E-state index in [4.69, 9.17) is 0 Å². The minimum atomic E-state index is 0.0356. The zero-order chi connectivity index (χ0) is 18.7. The molecule has 136 valence electrons. The molecule has 0 unspecified atom stereocenters. The molecule has 0 spiro atoms. The third-order valence-electron chi connectivity index (χ3n) is 3.59. The number of aryl methyl sites for hydroxylation is 2. The van der Waals surface area contributed by atoms with E-state index >= 15 is 0 Å². The number of nitrogens with one attached hydrogen (secondary N) is 1. The van der Waals surface area contributed by atoms with Gasteiger partial charge in [-0.1, -0.05) is 20.8 Å². The second-order valence-corrected chi connectivity index (χ2v) is 6.58. The summed E-state index contributed by atoms with van der Waals surface area (Å²) in [4.78, 5) is 28.1. The van der Waals surface area contributed by atoms with Crippen LogP contribution in [0.1, 0.15) is 71.8 Å². The van der Waals surface area contributed by atoms with Gasteiger partial charge < -0.3 is 5.32 Å². The van der Waals surface area contributed by atoms with E-state index in [1.165, 1.54) is 4.88 Å². The van der Waals surface area contributed by atoms with E-state index < -0.39 is 0 Å². The molecule has 0 fully saturated rings. The van der Waals surface area contributed by atoms with E-state index in [0.717, 1.165) is 36.1 Å². The molecule has 0 bridgehead atoms. The molecule has 4 nitrogen and oxygen atoms in total. The minimum absolute atomic E-state index is 0.0356. The van der Waals surface area contributed by atoms with Gasteiger partial charge in [0.15, 0.2) is 5.78 Å². The molecule has 0 aliphatic heterocycles. The van der Waals surface area contributed by atoms with Crippen LogP contribution in [0.25, 0.3) is 0 Å². The summed E-state index contributed by atoms with van der Waals surface area (Å²) in [6.45, 7) is 8.76. The van der Waals surface area contributed by atoms with Crippen molar-refractivity contribution < 1.29 is 9.59 Å². The Labute approximate surface area is 154 Å². The summed E-state index contributed by atoms with van der Waals surface area (Å²) in [6.07, 6.45) is 5.12. The smallest absolute Gasteiger partial charge is 0.252 e. The van der Waals surface area contributed by atoms with Crippen LogP contribution in [0.4, 0.5) is 0 Å². The highest BCUT2D eigenvalue weighted by Gasteiger charge is 2.05. The molecule has 1 amide bonds. The normalized spacial score (nSPS) is 9.92. The summed E-state index contributed by atoms with van der Waals surface area (Å²) < 4.78 is 0. The van der Waals surface area contributed by atoms with Crippen molar-refractivity contribution in [1.29, 1.82) is 0 Å². The van der Waals surface area contributed by atoms with Gasteiger partial charge in [-0.05, 0) is 44.4 Å². The highest BCUT2D eigenvalue weighted by atomic mass is 32.1. The van der Waals surface area contributed by atoms with Crippen LogP contribution >= 0.6 is 11.3 Å². The van der Waals surface area contributed by atoms with Gasteiger partial charge in [-0.2, -0.15) is 0 Å². The zero-order valence-electron chi connectivity index (χ0n) is 15.6. The minimum Gasteiger partial charge on any atom is -0.352 e. The van der Waals surface area contributed by atoms with Gasteiger partial charge in [-0.3, -0.25) is 14.6 Å². The summed E-state index contributed by atoms with van der Waals surface area (Å²) in [5, 5.41) is 4.67. The average molecular weight is 361 g/mol. The van der Waals surface area contributed by atoms with E-state index in [9.17, 15) is 9.59 Å². The number of Topliss-reactive ketones (excluding diaryl/α,β-unsaturated/α-hetero) is 1.